The van der Waals surface area contributed by atoms with E-state index in [1.807, 2.05) is 0 Å². The molecule has 0 bridgehead atoms. The number of thioether (sulfide) groups is 1. The molecule has 6 heteroatoms. The van der Waals surface area contributed by atoms with Gasteiger partial charge in [-0.15, -0.1) is 0 Å². The van der Waals surface area contributed by atoms with Crippen LogP contribution in [0.3, 0.4) is 0 Å². The second-order valence-electron chi connectivity index (χ2n) is 4.51. The monoisotopic (exact) mass is 332 g/mol. The molecule has 1 fully saturated rings. The summed E-state index contributed by atoms with van der Waals surface area (Å²) in [7, 11) is 0. The maximum absolute atomic E-state index is 13.2. The van der Waals surface area contributed by atoms with E-state index in [1.54, 1.807) is 42.5 Å². The number of amides is 1. The molecular weight excluding hydrogens is 323 g/mol. The van der Waals surface area contributed by atoms with E-state index in [0.717, 1.165) is 0 Å². The Labute approximate surface area is 135 Å². The van der Waals surface area contributed by atoms with Crippen molar-refractivity contribution in [3.05, 3.63) is 69.8 Å². The molecule has 22 heavy (non-hydrogen) atoms. The van der Waals surface area contributed by atoms with Gasteiger partial charge in [0.15, 0.2) is 5.17 Å². The van der Waals surface area contributed by atoms with Crippen LogP contribution < -0.4 is 5.32 Å². The Morgan fingerprint density at radius 2 is 1.95 bits per heavy atom. The van der Waals surface area contributed by atoms with Crippen LogP contribution >= 0.6 is 23.4 Å². The highest BCUT2D eigenvalue weighted by molar-refractivity contribution is 8.18. The Morgan fingerprint density at radius 1 is 1.18 bits per heavy atom. The number of amidine groups is 1. The smallest absolute Gasteiger partial charge is 0.264 e. The normalized spacial score (nSPS) is 18.0. The zero-order chi connectivity index (χ0) is 15.5. The fraction of sp³-hybridized carbons (Fsp3) is 0. The third kappa shape index (κ3) is 3.55. The van der Waals surface area contributed by atoms with Gasteiger partial charge >= 0.3 is 0 Å². The molecule has 2 aromatic carbocycles. The summed E-state index contributed by atoms with van der Waals surface area (Å²) in [5, 5.41) is 3.79. The van der Waals surface area contributed by atoms with Gasteiger partial charge in [0, 0.05) is 5.02 Å². The molecule has 0 atom stereocenters. The summed E-state index contributed by atoms with van der Waals surface area (Å²) in [6.45, 7) is 0. The van der Waals surface area contributed by atoms with Crippen LogP contribution in [0.5, 0.6) is 0 Å². The molecule has 0 radical (unpaired) electrons. The van der Waals surface area contributed by atoms with Gasteiger partial charge in [0.2, 0.25) is 0 Å². The predicted octanol–water partition coefficient (Wildman–Crippen LogP) is 4.37. The number of rotatable bonds is 2. The summed E-state index contributed by atoms with van der Waals surface area (Å²) in [5.74, 6) is -0.588. The van der Waals surface area contributed by atoms with E-state index in [9.17, 15) is 9.18 Å². The number of benzene rings is 2. The lowest BCUT2D eigenvalue weighted by atomic mass is 10.2. The van der Waals surface area contributed by atoms with Crippen LogP contribution in [-0.4, -0.2) is 11.1 Å². The molecule has 0 aromatic heterocycles. The Bertz CT molecular complexity index is 787. The Kier molecular flexibility index (Phi) is 4.27. The number of carbonyl (C=O) groups is 1. The van der Waals surface area contributed by atoms with Crippen LogP contribution in [0.4, 0.5) is 10.1 Å². The second kappa shape index (κ2) is 6.34. The fourth-order valence-corrected chi connectivity index (χ4v) is 2.83. The van der Waals surface area contributed by atoms with Crippen molar-refractivity contribution in [2.45, 2.75) is 0 Å². The lowest BCUT2D eigenvalue weighted by Crippen LogP contribution is -2.19. The van der Waals surface area contributed by atoms with E-state index in [-0.39, 0.29) is 11.7 Å². The van der Waals surface area contributed by atoms with Crippen LogP contribution in [0.25, 0.3) is 6.08 Å². The van der Waals surface area contributed by atoms with E-state index >= 15 is 0 Å². The fourth-order valence-electron chi connectivity index (χ4n) is 1.86. The van der Waals surface area contributed by atoms with Gasteiger partial charge in [-0.2, -0.15) is 0 Å². The van der Waals surface area contributed by atoms with Crippen LogP contribution in [0.15, 0.2) is 58.4 Å². The zero-order valence-electron chi connectivity index (χ0n) is 11.2. The maximum atomic E-state index is 13.2. The highest BCUT2D eigenvalue weighted by Crippen LogP contribution is 2.28. The van der Waals surface area contributed by atoms with E-state index in [2.05, 4.69) is 10.3 Å². The largest absolute Gasteiger partial charge is 0.300 e. The standard InChI is InChI=1S/C16H10ClFN2OS/c17-11-4-6-13(7-5-11)19-16-20-15(21)14(22-16)9-10-2-1-3-12(18)8-10/h1-9H,(H,19,20,21). The second-order valence-corrected chi connectivity index (χ2v) is 5.98. The van der Waals surface area contributed by atoms with Crippen molar-refractivity contribution < 1.29 is 9.18 Å². The van der Waals surface area contributed by atoms with E-state index in [0.29, 0.717) is 26.3 Å². The van der Waals surface area contributed by atoms with Gasteiger partial charge in [-0.3, -0.25) is 4.79 Å². The highest BCUT2D eigenvalue weighted by Gasteiger charge is 2.23. The molecule has 1 heterocycles. The highest BCUT2D eigenvalue weighted by atomic mass is 35.5. The summed E-state index contributed by atoms with van der Waals surface area (Å²) in [6, 6.07) is 13.0. The molecule has 1 amide bonds. The van der Waals surface area contributed by atoms with Crippen molar-refractivity contribution in [3.63, 3.8) is 0 Å². The van der Waals surface area contributed by atoms with Crippen molar-refractivity contribution in [1.29, 1.82) is 0 Å². The molecule has 1 N–H and O–H groups in total. The van der Waals surface area contributed by atoms with Crippen molar-refractivity contribution in [2.24, 2.45) is 4.99 Å². The lowest BCUT2D eigenvalue weighted by Gasteiger charge is -1.96. The van der Waals surface area contributed by atoms with Crippen LogP contribution in [0.2, 0.25) is 5.02 Å². The average Bonchev–Trinajstić information content (AvgIpc) is 2.81. The number of hydrogen-bond donors (Lipinski definition) is 1. The summed E-state index contributed by atoms with van der Waals surface area (Å²) >= 11 is 7.03. The van der Waals surface area contributed by atoms with Gasteiger partial charge in [0.1, 0.15) is 5.82 Å². The first-order chi connectivity index (χ1) is 10.6. The SMILES string of the molecule is O=C1NC(=Nc2ccc(Cl)cc2)SC1=Cc1cccc(F)c1. The van der Waals surface area contributed by atoms with Gasteiger partial charge in [-0.05, 0) is 59.8 Å². The van der Waals surface area contributed by atoms with Crippen LogP contribution in [0, 0.1) is 5.82 Å². The predicted molar refractivity (Wildman–Crippen MR) is 88.7 cm³/mol. The Morgan fingerprint density at radius 3 is 2.68 bits per heavy atom. The number of nitrogens with zero attached hydrogens (tertiary/aromatic N) is 1. The van der Waals surface area contributed by atoms with Crippen molar-refractivity contribution in [1.82, 2.24) is 5.32 Å². The molecule has 1 aliphatic heterocycles. The van der Waals surface area contributed by atoms with Gasteiger partial charge in [-0.1, -0.05) is 23.7 Å². The first-order valence-electron chi connectivity index (χ1n) is 6.41. The minimum Gasteiger partial charge on any atom is -0.300 e. The first-order valence-corrected chi connectivity index (χ1v) is 7.60. The summed E-state index contributed by atoms with van der Waals surface area (Å²) in [4.78, 5) is 16.7. The summed E-state index contributed by atoms with van der Waals surface area (Å²) in [6.07, 6.45) is 1.63. The number of carbonyl (C=O) groups excluding carboxylic acids is 1. The molecule has 3 rings (SSSR count). The third-order valence-electron chi connectivity index (χ3n) is 2.85. The summed E-state index contributed by atoms with van der Waals surface area (Å²) in [5.41, 5.74) is 1.32. The zero-order valence-corrected chi connectivity index (χ0v) is 12.8. The molecule has 0 aliphatic carbocycles. The van der Waals surface area contributed by atoms with Gasteiger partial charge in [0.05, 0.1) is 10.6 Å². The number of hydrogen-bond acceptors (Lipinski definition) is 3. The molecule has 3 nitrogen and oxygen atoms in total. The van der Waals surface area contributed by atoms with Crippen molar-refractivity contribution >= 4 is 46.2 Å². The Balaban J connectivity index is 1.82. The quantitative estimate of drug-likeness (QED) is 0.830. The summed E-state index contributed by atoms with van der Waals surface area (Å²) < 4.78 is 13.2. The molecule has 0 unspecified atom stereocenters. The molecule has 0 spiro atoms. The first kappa shape index (κ1) is 14.8. The van der Waals surface area contributed by atoms with Crippen LogP contribution in [0.1, 0.15) is 5.56 Å². The van der Waals surface area contributed by atoms with Gasteiger partial charge < -0.3 is 5.32 Å². The molecule has 1 aliphatic rings. The molecule has 110 valence electrons. The van der Waals surface area contributed by atoms with E-state index in [4.69, 9.17) is 11.6 Å². The van der Waals surface area contributed by atoms with Crippen molar-refractivity contribution in [2.75, 3.05) is 0 Å². The van der Waals surface area contributed by atoms with E-state index in [1.165, 1.54) is 23.9 Å². The minimum absolute atomic E-state index is 0.248. The topological polar surface area (TPSA) is 41.5 Å². The number of aliphatic imine (C=N–C) groups is 1. The molecule has 2 aromatic rings. The lowest BCUT2D eigenvalue weighted by molar-refractivity contribution is -0.115. The van der Waals surface area contributed by atoms with Gasteiger partial charge in [-0.25, -0.2) is 9.38 Å². The van der Waals surface area contributed by atoms with E-state index < -0.39 is 0 Å². The Hall–Kier alpha value is -2.11. The number of halogens is 2. The maximum Gasteiger partial charge on any atom is 0.264 e. The minimum atomic E-state index is -0.340. The van der Waals surface area contributed by atoms with Crippen LogP contribution in [-0.2, 0) is 4.79 Å². The van der Waals surface area contributed by atoms with Crippen molar-refractivity contribution in [3.8, 4) is 0 Å². The molecular formula is C16H10ClFN2OS. The third-order valence-corrected chi connectivity index (χ3v) is 4.02. The average molecular weight is 333 g/mol. The molecule has 1 saturated heterocycles. The number of nitrogens with one attached hydrogen (secondary N) is 1. The molecule has 0 saturated carbocycles. The van der Waals surface area contributed by atoms with Gasteiger partial charge in [0.25, 0.3) is 5.91 Å².